The molecule has 17 heavy (non-hydrogen) atoms. The van der Waals surface area contributed by atoms with E-state index in [1.165, 1.54) is 7.11 Å². The van der Waals surface area contributed by atoms with Crippen molar-refractivity contribution in [2.24, 2.45) is 0 Å². The minimum absolute atomic E-state index is 0.193. The van der Waals surface area contributed by atoms with Crippen LogP contribution in [0, 0.1) is 5.82 Å². The number of ether oxygens (including phenoxy) is 1. The number of halogens is 1. The molecule has 2 rings (SSSR count). The Hall–Kier alpha value is -1.13. The third-order valence-electron chi connectivity index (χ3n) is 3.21. The SMILES string of the molecule is COc1cccc(CN2CCC(O)CC2)c1F. The first-order chi connectivity index (χ1) is 8.20. The van der Waals surface area contributed by atoms with E-state index in [9.17, 15) is 9.50 Å². The number of piperidine rings is 1. The summed E-state index contributed by atoms with van der Waals surface area (Å²) in [7, 11) is 1.47. The van der Waals surface area contributed by atoms with Crippen LogP contribution in [0.4, 0.5) is 4.39 Å². The summed E-state index contributed by atoms with van der Waals surface area (Å²) < 4.78 is 18.9. The number of nitrogens with zero attached hydrogens (tertiary/aromatic N) is 1. The molecule has 0 atom stereocenters. The van der Waals surface area contributed by atoms with E-state index in [0.29, 0.717) is 17.9 Å². The average Bonchev–Trinajstić information content (AvgIpc) is 2.35. The van der Waals surface area contributed by atoms with Gasteiger partial charge in [-0.1, -0.05) is 12.1 Å². The average molecular weight is 239 g/mol. The van der Waals surface area contributed by atoms with Crippen molar-refractivity contribution in [2.75, 3.05) is 20.2 Å². The molecule has 1 aliphatic rings. The van der Waals surface area contributed by atoms with E-state index in [-0.39, 0.29) is 11.9 Å². The molecule has 1 aromatic carbocycles. The Bertz CT molecular complexity index is 376. The van der Waals surface area contributed by atoms with Crippen molar-refractivity contribution in [3.05, 3.63) is 29.6 Å². The molecule has 0 radical (unpaired) electrons. The van der Waals surface area contributed by atoms with E-state index >= 15 is 0 Å². The largest absolute Gasteiger partial charge is 0.494 e. The minimum Gasteiger partial charge on any atom is -0.494 e. The molecule has 4 heteroatoms. The van der Waals surface area contributed by atoms with Gasteiger partial charge in [0, 0.05) is 25.2 Å². The van der Waals surface area contributed by atoms with Crippen molar-refractivity contribution in [3.8, 4) is 5.75 Å². The predicted octanol–water partition coefficient (Wildman–Crippen LogP) is 1.79. The lowest BCUT2D eigenvalue weighted by atomic mass is 10.1. The maximum absolute atomic E-state index is 13.9. The Labute approximate surface area is 101 Å². The van der Waals surface area contributed by atoms with Gasteiger partial charge in [0.1, 0.15) is 0 Å². The van der Waals surface area contributed by atoms with Crippen LogP contribution in [0.3, 0.4) is 0 Å². The van der Waals surface area contributed by atoms with E-state index in [0.717, 1.165) is 25.9 Å². The van der Waals surface area contributed by atoms with Crippen LogP contribution in [0.25, 0.3) is 0 Å². The summed E-state index contributed by atoms with van der Waals surface area (Å²) in [6, 6.07) is 5.21. The fourth-order valence-electron chi connectivity index (χ4n) is 2.15. The number of hydrogen-bond acceptors (Lipinski definition) is 3. The summed E-state index contributed by atoms with van der Waals surface area (Å²) >= 11 is 0. The van der Waals surface area contributed by atoms with Crippen molar-refractivity contribution in [1.29, 1.82) is 0 Å². The molecule has 1 fully saturated rings. The smallest absolute Gasteiger partial charge is 0.169 e. The zero-order valence-corrected chi connectivity index (χ0v) is 10.0. The zero-order valence-electron chi connectivity index (χ0n) is 10.0. The van der Waals surface area contributed by atoms with Gasteiger partial charge in [0.2, 0.25) is 0 Å². The highest BCUT2D eigenvalue weighted by Gasteiger charge is 2.18. The van der Waals surface area contributed by atoms with Crippen LogP contribution >= 0.6 is 0 Å². The lowest BCUT2D eigenvalue weighted by Gasteiger charge is -2.29. The van der Waals surface area contributed by atoms with Gasteiger partial charge in [-0.15, -0.1) is 0 Å². The molecule has 0 aliphatic carbocycles. The van der Waals surface area contributed by atoms with Gasteiger partial charge in [0.25, 0.3) is 0 Å². The van der Waals surface area contributed by atoms with Gasteiger partial charge in [-0.2, -0.15) is 0 Å². The van der Waals surface area contributed by atoms with Crippen LogP contribution in [0.2, 0.25) is 0 Å². The van der Waals surface area contributed by atoms with Crippen LogP contribution in [-0.4, -0.2) is 36.3 Å². The molecule has 1 aromatic rings. The number of rotatable bonds is 3. The van der Waals surface area contributed by atoms with E-state index in [4.69, 9.17) is 4.74 Å². The number of methoxy groups -OCH3 is 1. The molecule has 1 saturated heterocycles. The Morgan fingerprint density at radius 3 is 2.76 bits per heavy atom. The van der Waals surface area contributed by atoms with E-state index in [1.54, 1.807) is 18.2 Å². The molecule has 1 aliphatic heterocycles. The van der Waals surface area contributed by atoms with Crippen molar-refractivity contribution in [3.63, 3.8) is 0 Å². The summed E-state index contributed by atoms with van der Waals surface area (Å²) in [4.78, 5) is 2.16. The summed E-state index contributed by atoms with van der Waals surface area (Å²) in [6.07, 6.45) is 1.35. The first-order valence-electron chi connectivity index (χ1n) is 5.92. The van der Waals surface area contributed by atoms with Gasteiger partial charge >= 0.3 is 0 Å². The van der Waals surface area contributed by atoms with Crippen LogP contribution in [-0.2, 0) is 6.54 Å². The van der Waals surface area contributed by atoms with Crippen LogP contribution in [0.15, 0.2) is 18.2 Å². The predicted molar refractivity (Wildman–Crippen MR) is 63.5 cm³/mol. The first kappa shape index (κ1) is 12.3. The van der Waals surface area contributed by atoms with Gasteiger partial charge in [0.05, 0.1) is 13.2 Å². The Morgan fingerprint density at radius 2 is 2.12 bits per heavy atom. The van der Waals surface area contributed by atoms with E-state index in [2.05, 4.69) is 4.90 Å². The standard InChI is InChI=1S/C13H18FNO2/c1-17-12-4-2-3-10(13(12)14)9-15-7-5-11(16)6-8-15/h2-4,11,16H,5-9H2,1H3. The molecule has 0 aromatic heterocycles. The fourth-order valence-corrected chi connectivity index (χ4v) is 2.15. The zero-order chi connectivity index (χ0) is 12.3. The number of likely N-dealkylation sites (tertiary alicyclic amines) is 1. The highest BCUT2D eigenvalue weighted by atomic mass is 19.1. The highest BCUT2D eigenvalue weighted by molar-refractivity contribution is 5.31. The minimum atomic E-state index is -0.277. The summed E-state index contributed by atoms with van der Waals surface area (Å²) in [5.41, 5.74) is 0.653. The second kappa shape index (κ2) is 5.47. The second-order valence-corrected chi connectivity index (χ2v) is 4.44. The molecule has 0 bridgehead atoms. The molecule has 94 valence electrons. The van der Waals surface area contributed by atoms with E-state index in [1.807, 2.05) is 0 Å². The maximum Gasteiger partial charge on any atom is 0.169 e. The van der Waals surface area contributed by atoms with Gasteiger partial charge in [-0.3, -0.25) is 4.90 Å². The maximum atomic E-state index is 13.9. The lowest BCUT2D eigenvalue weighted by Crippen LogP contribution is -2.35. The molecule has 0 saturated carbocycles. The molecule has 0 unspecified atom stereocenters. The summed E-state index contributed by atoms with van der Waals surface area (Å²) in [6.45, 7) is 2.21. The molecule has 0 spiro atoms. The molecular weight excluding hydrogens is 221 g/mol. The first-order valence-corrected chi connectivity index (χ1v) is 5.92. The number of aliphatic hydroxyl groups excluding tert-OH is 1. The summed E-state index contributed by atoms with van der Waals surface area (Å²) in [5, 5.41) is 9.41. The molecule has 1 heterocycles. The van der Waals surface area contributed by atoms with Crippen molar-refractivity contribution in [2.45, 2.75) is 25.5 Å². The number of benzene rings is 1. The Kier molecular flexibility index (Phi) is 3.97. The lowest BCUT2D eigenvalue weighted by molar-refractivity contribution is 0.0787. The van der Waals surface area contributed by atoms with Gasteiger partial charge in [-0.05, 0) is 18.9 Å². The van der Waals surface area contributed by atoms with Crippen molar-refractivity contribution >= 4 is 0 Å². The Balaban J connectivity index is 2.03. The monoisotopic (exact) mass is 239 g/mol. The fraction of sp³-hybridized carbons (Fsp3) is 0.538. The summed E-state index contributed by atoms with van der Waals surface area (Å²) in [5.74, 6) is 0.0145. The molecule has 3 nitrogen and oxygen atoms in total. The van der Waals surface area contributed by atoms with Crippen LogP contribution in [0.5, 0.6) is 5.75 Å². The normalized spacial score (nSPS) is 18.3. The topological polar surface area (TPSA) is 32.7 Å². The molecule has 0 amide bonds. The molecule has 1 N–H and O–H groups in total. The number of aliphatic hydroxyl groups is 1. The second-order valence-electron chi connectivity index (χ2n) is 4.44. The van der Waals surface area contributed by atoms with Crippen LogP contribution in [0.1, 0.15) is 18.4 Å². The Morgan fingerprint density at radius 1 is 1.41 bits per heavy atom. The van der Waals surface area contributed by atoms with Gasteiger partial charge < -0.3 is 9.84 Å². The quantitative estimate of drug-likeness (QED) is 0.873. The van der Waals surface area contributed by atoms with Crippen molar-refractivity contribution < 1.29 is 14.2 Å². The highest BCUT2D eigenvalue weighted by Crippen LogP contribution is 2.22. The van der Waals surface area contributed by atoms with E-state index < -0.39 is 0 Å². The van der Waals surface area contributed by atoms with Gasteiger partial charge in [-0.25, -0.2) is 4.39 Å². The third kappa shape index (κ3) is 2.96. The van der Waals surface area contributed by atoms with Crippen molar-refractivity contribution in [1.82, 2.24) is 4.90 Å². The third-order valence-corrected chi connectivity index (χ3v) is 3.21. The number of hydrogen-bond donors (Lipinski definition) is 1. The van der Waals surface area contributed by atoms with Gasteiger partial charge in [0.15, 0.2) is 11.6 Å². The molecular formula is C13H18FNO2. The van der Waals surface area contributed by atoms with Crippen LogP contribution < -0.4 is 4.74 Å².